The fourth-order valence-corrected chi connectivity index (χ4v) is 0.722. The van der Waals surface area contributed by atoms with E-state index in [1.807, 2.05) is 0 Å². The van der Waals surface area contributed by atoms with Crippen LogP contribution in [0.1, 0.15) is 0 Å². The molecular formula is C6H9O4S-. The van der Waals surface area contributed by atoms with E-state index < -0.39 is 18.2 Å². The molecule has 0 aliphatic carbocycles. The molecule has 0 rings (SSSR count). The monoisotopic (exact) mass is 177 g/mol. The number of aliphatic carboxylic acids is 1. The van der Waals surface area contributed by atoms with E-state index in [1.54, 1.807) is 6.26 Å². The van der Waals surface area contributed by atoms with Crippen molar-refractivity contribution in [3.63, 3.8) is 0 Å². The van der Waals surface area contributed by atoms with Crippen molar-refractivity contribution in [3.05, 3.63) is 11.5 Å². The zero-order valence-electron chi connectivity index (χ0n) is 5.93. The van der Waals surface area contributed by atoms with Crippen LogP contribution in [-0.2, 0) is 4.79 Å². The molecule has 0 aliphatic rings. The number of carboxylic acid groups (broad SMARTS) is 1. The second kappa shape index (κ2) is 5.17. The molecule has 0 saturated carbocycles. The van der Waals surface area contributed by atoms with Crippen LogP contribution in [0.25, 0.3) is 0 Å². The van der Waals surface area contributed by atoms with Crippen LogP contribution in [0.15, 0.2) is 11.5 Å². The Morgan fingerprint density at radius 1 is 1.64 bits per heavy atom. The summed E-state index contributed by atoms with van der Waals surface area (Å²) in [7, 11) is 0. The molecule has 0 aromatic rings. The van der Waals surface area contributed by atoms with Crippen LogP contribution in [0.3, 0.4) is 0 Å². The van der Waals surface area contributed by atoms with Gasteiger partial charge in [-0.2, -0.15) is 0 Å². The van der Waals surface area contributed by atoms with E-state index in [-0.39, 0.29) is 0 Å². The van der Waals surface area contributed by atoms with Crippen LogP contribution in [0.2, 0.25) is 0 Å². The minimum atomic E-state index is -1.85. The Bertz CT molecular complexity index is 157. The summed E-state index contributed by atoms with van der Waals surface area (Å²) in [5.74, 6) is -1.68. The van der Waals surface area contributed by atoms with Crippen molar-refractivity contribution < 1.29 is 20.1 Å². The predicted molar refractivity (Wildman–Crippen MR) is 39.7 cm³/mol. The number of aliphatic hydroxyl groups is 2. The van der Waals surface area contributed by atoms with Gasteiger partial charge >= 0.3 is 0 Å². The number of carbonyl (C=O) groups excluding carboxylic acids is 1. The highest BCUT2D eigenvalue weighted by Gasteiger charge is 2.13. The Kier molecular flexibility index (Phi) is 4.93. The number of thioether (sulfide) groups is 1. The molecule has 0 amide bonds. The standard InChI is InChI=1S/C6H10O4S/c1-11-3-2-4(7)5(8)6(9)10/h2-5,7-8H,1H3,(H,9,10)/p-1/b3-2+. The molecule has 0 radical (unpaired) electrons. The molecule has 0 aromatic heterocycles. The Balaban J connectivity index is 3.91. The van der Waals surface area contributed by atoms with E-state index in [0.29, 0.717) is 0 Å². The van der Waals surface area contributed by atoms with Crippen LogP contribution in [0.5, 0.6) is 0 Å². The molecular weight excluding hydrogens is 168 g/mol. The zero-order chi connectivity index (χ0) is 8.85. The summed E-state index contributed by atoms with van der Waals surface area (Å²) >= 11 is 1.29. The maximum Gasteiger partial charge on any atom is 0.123 e. The minimum absolute atomic E-state index is 1.19. The van der Waals surface area contributed by atoms with Gasteiger partial charge in [0.25, 0.3) is 0 Å². The molecule has 0 spiro atoms. The summed E-state index contributed by atoms with van der Waals surface area (Å²) < 4.78 is 0. The Morgan fingerprint density at radius 3 is 2.55 bits per heavy atom. The van der Waals surface area contributed by atoms with Gasteiger partial charge in [0.15, 0.2) is 0 Å². The van der Waals surface area contributed by atoms with Crippen molar-refractivity contribution in [2.24, 2.45) is 0 Å². The highest BCUT2D eigenvalue weighted by Crippen LogP contribution is 1.99. The van der Waals surface area contributed by atoms with Gasteiger partial charge in [0.05, 0.1) is 5.97 Å². The Hall–Kier alpha value is -0.520. The van der Waals surface area contributed by atoms with Crippen LogP contribution >= 0.6 is 11.8 Å². The Morgan fingerprint density at radius 2 is 2.18 bits per heavy atom. The molecule has 0 heterocycles. The molecule has 0 aromatic carbocycles. The van der Waals surface area contributed by atoms with Gasteiger partial charge in [0.2, 0.25) is 0 Å². The summed E-state index contributed by atoms with van der Waals surface area (Å²) in [6.07, 6.45) is -0.314. The number of carbonyl (C=O) groups is 1. The lowest BCUT2D eigenvalue weighted by atomic mass is 10.2. The first-order valence-electron chi connectivity index (χ1n) is 2.86. The van der Waals surface area contributed by atoms with Gasteiger partial charge in [-0.25, -0.2) is 0 Å². The summed E-state index contributed by atoms with van der Waals surface area (Å²) in [5, 5.41) is 28.9. The first-order valence-corrected chi connectivity index (χ1v) is 4.15. The van der Waals surface area contributed by atoms with E-state index in [1.165, 1.54) is 23.2 Å². The van der Waals surface area contributed by atoms with E-state index in [0.717, 1.165) is 0 Å². The first kappa shape index (κ1) is 10.5. The van der Waals surface area contributed by atoms with E-state index >= 15 is 0 Å². The summed E-state index contributed by atoms with van der Waals surface area (Å²) in [4.78, 5) is 9.94. The van der Waals surface area contributed by atoms with E-state index in [2.05, 4.69) is 0 Å². The van der Waals surface area contributed by atoms with Crippen molar-refractivity contribution in [2.45, 2.75) is 12.2 Å². The maximum absolute atomic E-state index is 9.94. The normalized spacial score (nSPS) is 16.6. The SMILES string of the molecule is CS/C=C/C(O)C(O)C(=O)[O-]. The topological polar surface area (TPSA) is 80.6 Å². The fraction of sp³-hybridized carbons (Fsp3) is 0.500. The second-order valence-electron chi connectivity index (χ2n) is 1.82. The van der Waals surface area contributed by atoms with E-state index in [9.17, 15) is 9.90 Å². The Labute approximate surface area is 68.5 Å². The molecule has 0 saturated heterocycles. The number of hydrogen-bond acceptors (Lipinski definition) is 5. The van der Waals surface area contributed by atoms with Crippen molar-refractivity contribution in [1.29, 1.82) is 0 Å². The van der Waals surface area contributed by atoms with Crippen molar-refractivity contribution >= 4 is 17.7 Å². The van der Waals surface area contributed by atoms with E-state index in [4.69, 9.17) is 10.2 Å². The van der Waals surface area contributed by atoms with Gasteiger partial charge in [-0.1, -0.05) is 0 Å². The average Bonchev–Trinajstić information content (AvgIpc) is 1.98. The van der Waals surface area contributed by atoms with Crippen molar-refractivity contribution in [3.8, 4) is 0 Å². The first-order chi connectivity index (χ1) is 5.09. The van der Waals surface area contributed by atoms with Crippen molar-refractivity contribution in [1.82, 2.24) is 0 Å². The third-order valence-corrected chi connectivity index (χ3v) is 1.41. The molecule has 0 bridgehead atoms. The van der Waals surface area contributed by atoms with Gasteiger partial charge in [-0.05, 0) is 17.7 Å². The zero-order valence-corrected chi connectivity index (χ0v) is 6.75. The van der Waals surface area contributed by atoms with Crippen LogP contribution in [0, 0.1) is 0 Å². The van der Waals surface area contributed by atoms with Crippen LogP contribution in [0.4, 0.5) is 0 Å². The molecule has 0 fully saturated rings. The maximum atomic E-state index is 9.94. The second-order valence-corrected chi connectivity index (χ2v) is 2.56. The van der Waals surface area contributed by atoms with Gasteiger partial charge in [0, 0.05) is 0 Å². The lowest BCUT2D eigenvalue weighted by molar-refractivity contribution is -0.317. The number of carboxylic acids is 1. The third-order valence-electron chi connectivity index (χ3n) is 0.977. The molecule has 2 atom stereocenters. The fourth-order valence-electron chi connectivity index (χ4n) is 0.404. The number of hydrogen-bond donors (Lipinski definition) is 2. The summed E-state index contributed by atoms with van der Waals surface area (Å²) in [5.41, 5.74) is 0. The summed E-state index contributed by atoms with van der Waals surface area (Å²) in [6.45, 7) is 0. The van der Waals surface area contributed by atoms with Crippen molar-refractivity contribution in [2.75, 3.05) is 6.26 Å². The lowest BCUT2D eigenvalue weighted by Gasteiger charge is -2.14. The molecule has 5 heteroatoms. The molecule has 0 aliphatic heterocycles. The quantitative estimate of drug-likeness (QED) is 0.537. The van der Waals surface area contributed by atoms with Gasteiger partial charge in [0.1, 0.15) is 12.2 Å². The molecule has 11 heavy (non-hydrogen) atoms. The van der Waals surface area contributed by atoms with Crippen LogP contribution < -0.4 is 5.11 Å². The number of rotatable bonds is 4. The van der Waals surface area contributed by atoms with Gasteiger partial charge in [-0.3, -0.25) is 0 Å². The molecule has 4 nitrogen and oxygen atoms in total. The average molecular weight is 177 g/mol. The highest BCUT2D eigenvalue weighted by molar-refractivity contribution is 8.01. The largest absolute Gasteiger partial charge is 0.547 e. The van der Waals surface area contributed by atoms with Crippen LogP contribution in [-0.4, -0.2) is 34.6 Å². The van der Waals surface area contributed by atoms with Gasteiger partial charge < -0.3 is 20.1 Å². The smallest absolute Gasteiger partial charge is 0.123 e. The summed E-state index contributed by atoms with van der Waals surface area (Å²) in [6, 6.07) is 0. The molecule has 2 N–H and O–H groups in total. The third kappa shape index (κ3) is 4.02. The minimum Gasteiger partial charge on any atom is -0.547 e. The molecule has 2 unspecified atom stereocenters. The van der Waals surface area contributed by atoms with Gasteiger partial charge in [-0.15, -0.1) is 11.8 Å². The molecule has 64 valence electrons. The number of aliphatic hydroxyl groups excluding tert-OH is 2. The highest BCUT2D eigenvalue weighted by atomic mass is 32.2. The lowest BCUT2D eigenvalue weighted by Crippen LogP contribution is -2.42. The predicted octanol–water partition coefficient (Wildman–Crippen LogP) is -1.67.